The number of alkyl halides is 3. The maximum atomic E-state index is 12.7. The molecule has 4 atom stereocenters. The van der Waals surface area contributed by atoms with Crippen LogP contribution in [0.3, 0.4) is 0 Å². The molecule has 0 N–H and O–H groups in total. The first-order chi connectivity index (χ1) is 16.7. The van der Waals surface area contributed by atoms with Gasteiger partial charge in [-0.2, -0.15) is 13.2 Å². The highest BCUT2D eigenvalue weighted by Gasteiger charge is 2.36. The van der Waals surface area contributed by atoms with Gasteiger partial charge in [-0.1, -0.05) is 26.2 Å². The smallest absolute Gasteiger partial charge is 0.416 e. The van der Waals surface area contributed by atoms with Crippen LogP contribution in [0, 0.1) is 17.8 Å². The van der Waals surface area contributed by atoms with Crippen LogP contribution in [0.5, 0.6) is 5.75 Å². The van der Waals surface area contributed by atoms with E-state index in [1.165, 1.54) is 56.4 Å². The summed E-state index contributed by atoms with van der Waals surface area (Å²) in [5.41, 5.74) is -0.469. The first-order valence-electron chi connectivity index (χ1n) is 12.4. The Morgan fingerprint density at radius 3 is 2.09 bits per heavy atom. The summed E-state index contributed by atoms with van der Waals surface area (Å²) in [5, 5.41) is 0. The molecule has 2 aliphatic rings. The number of ether oxygens (including phenoxy) is 2. The molecule has 0 heterocycles. The van der Waals surface area contributed by atoms with Gasteiger partial charge in [-0.3, -0.25) is 0 Å². The maximum absolute atomic E-state index is 12.7. The molecule has 2 aromatic rings. The fourth-order valence-corrected chi connectivity index (χ4v) is 5.56. The number of hydrogen-bond donors (Lipinski definition) is 0. The molecule has 4 nitrogen and oxygen atoms in total. The van der Waals surface area contributed by atoms with Crippen LogP contribution in [0.4, 0.5) is 13.2 Å². The molecule has 0 saturated heterocycles. The molecule has 4 rings (SSSR count). The van der Waals surface area contributed by atoms with Gasteiger partial charge >= 0.3 is 18.1 Å². The largest absolute Gasteiger partial charge is 0.459 e. The highest BCUT2D eigenvalue weighted by molar-refractivity contribution is 5.92. The zero-order chi connectivity index (χ0) is 25.0. The average Bonchev–Trinajstić information content (AvgIpc) is 2.84. The summed E-state index contributed by atoms with van der Waals surface area (Å²) < 4.78 is 49.0. The van der Waals surface area contributed by atoms with Gasteiger partial charge in [0.15, 0.2) is 0 Å². The van der Waals surface area contributed by atoms with Crippen LogP contribution >= 0.6 is 0 Å². The van der Waals surface area contributed by atoms with Gasteiger partial charge in [-0.15, -0.1) is 0 Å². The van der Waals surface area contributed by atoms with E-state index in [1.54, 1.807) is 0 Å². The topological polar surface area (TPSA) is 52.6 Å². The third-order valence-corrected chi connectivity index (χ3v) is 7.39. The molecule has 35 heavy (non-hydrogen) atoms. The third-order valence-electron chi connectivity index (χ3n) is 7.39. The second kappa shape index (κ2) is 10.8. The van der Waals surface area contributed by atoms with Crippen LogP contribution in [0.1, 0.15) is 84.6 Å². The van der Waals surface area contributed by atoms with E-state index in [0.717, 1.165) is 55.4 Å². The summed E-state index contributed by atoms with van der Waals surface area (Å²) in [6.07, 6.45) is 4.78. The van der Waals surface area contributed by atoms with Crippen molar-refractivity contribution < 1.29 is 32.2 Å². The van der Waals surface area contributed by atoms with Crippen LogP contribution in [0.25, 0.3) is 0 Å². The fourth-order valence-electron chi connectivity index (χ4n) is 5.56. The Morgan fingerprint density at radius 1 is 0.829 bits per heavy atom. The number of carbonyl (C=O) groups excluding carboxylic acids is 2. The van der Waals surface area contributed by atoms with Crippen molar-refractivity contribution in [3.05, 3.63) is 65.2 Å². The first-order valence-corrected chi connectivity index (χ1v) is 12.4. The highest BCUT2D eigenvalue weighted by Crippen LogP contribution is 2.44. The van der Waals surface area contributed by atoms with Gasteiger partial charge in [0.05, 0.1) is 16.7 Å². The molecular weight excluding hydrogens is 457 g/mol. The van der Waals surface area contributed by atoms with E-state index in [1.807, 2.05) is 0 Å². The van der Waals surface area contributed by atoms with Gasteiger partial charge in [0, 0.05) is 0 Å². The molecule has 0 spiro atoms. The van der Waals surface area contributed by atoms with Crippen LogP contribution in [-0.2, 0) is 10.9 Å². The number of carbonyl (C=O) groups is 2. The monoisotopic (exact) mass is 488 g/mol. The molecule has 2 fully saturated rings. The summed E-state index contributed by atoms with van der Waals surface area (Å²) in [4.78, 5) is 24.9. The Balaban J connectivity index is 1.28. The highest BCUT2D eigenvalue weighted by atomic mass is 19.4. The SMILES string of the molecule is CCC[C@@H]1CC[C@@H]2C[C@H](OC(=O)c3ccc(OC(=O)c4ccc(C(F)(F)F)cc4)cc3)CC[C@@H]2C1. The van der Waals surface area contributed by atoms with E-state index in [-0.39, 0.29) is 17.4 Å². The molecule has 2 aliphatic carbocycles. The van der Waals surface area contributed by atoms with E-state index in [4.69, 9.17) is 9.47 Å². The number of hydrogen-bond acceptors (Lipinski definition) is 4. The molecule has 0 unspecified atom stereocenters. The Morgan fingerprint density at radius 2 is 1.43 bits per heavy atom. The molecule has 7 heteroatoms. The molecule has 0 aliphatic heterocycles. The van der Waals surface area contributed by atoms with E-state index in [2.05, 4.69) is 6.92 Å². The Hall–Kier alpha value is -2.83. The van der Waals surface area contributed by atoms with Crippen molar-refractivity contribution >= 4 is 11.9 Å². The molecule has 0 amide bonds. The van der Waals surface area contributed by atoms with Crippen molar-refractivity contribution in [2.45, 2.75) is 70.6 Å². The second-order valence-corrected chi connectivity index (χ2v) is 9.82. The second-order valence-electron chi connectivity index (χ2n) is 9.82. The molecule has 188 valence electrons. The minimum Gasteiger partial charge on any atom is -0.459 e. The summed E-state index contributed by atoms with van der Waals surface area (Å²) in [7, 11) is 0. The van der Waals surface area contributed by atoms with Gasteiger partial charge in [0.2, 0.25) is 0 Å². The number of benzene rings is 2. The van der Waals surface area contributed by atoms with Crippen LogP contribution < -0.4 is 4.74 Å². The molecule has 2 saturated carbocycles. The standard InChI is InChI=1S/C28H31F3O4/c1-2-3-18-4-5-22-17-25(15-10-21(22)16-18)35-27(33)20-8-13-24(14-9-20)34-26(32)19-6-11-23(12-7-19)28(29,30)31/h6-9,11-14,18,21-22,25H,2-5,10,15-17H2,1H3/t18-,21-,22-,25-/m1/s1. The fraction of sp³-hybridized carbons (Fsp3) is 0.500. The van der Waals surface area contributed by atoms with Gasteiger partial charge in [-0.25, -0.2) is 9.59 Å². The van der Waals surface area contributed by atoms with E-state index in [0.29, 0.717) is 11.5 Å². The van der Waals surface area contributed by atoms with Crippen molar-refractivity contribution in [2.24, 2.45) is 17.8 Å². The normalized spacial score (nSPS) is 24.3. The summed E-state index contributed by atoms with van der Waals surface area (Å²) in [6, 6.07) is 9.82. The quantitative estimate of drug-likeness (QED) is 0.313. The van der Waals surface area contributed by atoms with Crippen LogP contribution in [-0.4, -0.2) is 18.0 Å². The lowest BCUT2D eigenvalue weighted by Crippen LogP contribution is -2.35. The molecular formula is C28H31F3O4. The summed E-state index contributed by atoms with van der Waals surface area (Å²) >= 11 is 0. The zero-order valence-electron chi connectivity index (χ0n) is 19.9. The number of halogens is 3. The van der Waals surface area contributed by atoms with E-state index in [9.17, 15) is 22.8 Å². The lowest BCUT2D eigenvalue weighted by atomic mass is 9.66. The van der Waals surface area contributed by atoms with E-state index >= 15 is 0 Å². The van der Waals surface area contributed by atoms with Crippen LogP contribution in [0.15, 0.2) is 48.5 Å². The lowest BCUT2D eigenvalue weighted by Gasteiger charge is -2.41. The zero-order valence-corrected chi connectivity index (χ0v) is 19.9. The van der Waals surface area contributed by atoms with Gasteiger partial charge < -0.3 is 9.47 Å². The average molecular weight is 489 g/mol. The lowest BCUT2D eigenvalue weighted by molar-refractivity contribution is -0.137. The van der Waals surface area contributed by atoms with E-state index < -0.39 is 23.7 Å². The Bertz CT molecular complexity index is 1010. The molecule has 0 radical (unpaired) electrons. The summed E-state index contributed by atoms with van der Waals surface area (Å²) in [6.45, 7) is 2.25. The molecule has 0 aromatic heterocycles. The minimum absolute atomic E-state index is 0.000756. The van der Waals surface area contributed by atoms with Crippen molar-refractivity contribution in [2.75, 3.05) is 0 Å². The molecule has 2 aromatic carbocycles. The van der Waals surface area contributed by atoms with Crippen molar-refractivity contribution in [1.82, 2.24) is 0 Å². The predicted octanol–water partition coefficient (Wildman–Crippen LogP) is 7.47. The Labute approximate surface area is 203 Å². The van der Waals surface area contributed by atoms with Crippen molar-refractivity contribution in [1.29, 1.82) is 0 Å². The van der Waals surface area contributed by atoms with Gasteiger partial charge in [0.1, 0.15) is 11.9 Å². The van der Waals surface area contributed by atoms with Gasteiger partial charge in [-0.05, 0) is 98.4 Å². The number of esters is 2. The summed E-state index contributed by atoms with van der Waals surface area (Å²) in [5.74, 6) is 1.27. The number of rotatable bonds is 6. The first kappa shape index (κ1) is 25.3. The van der Waals surface area contributed by atoms with Crippen molar-refractivity contribution in [3.63, 3.8) is 0 Å². The minimum atomic E-state index is -4.47. The van der Waals surface area contributed by atoms with Gasteiger partial charge in [0.25, 0.3) is 0 Å². The van der Waals surface area contributed by atoms with Crippen molar-refractivity contribution in [3.8, 4) is 5.75 Å². The maximum Gasteiger partial charge on any atom is 0.416 e. The van der Waals surface area contributed by atoms with Crippen LogP contribution in [0.2, 0.25) is 0 Å². The predicted molar refractivity (Wildman–Crippen MR) is 125 cm³/mol. The Kier molecular flexibility index (Phi) is 7.82. The molecule has 0 bridgehead atoms. The third kappa shape index (κ3) is 6.44. The number of fused-ring (bicyclic) bond motifs is 1.